The first-order valence-electron chi connectivity index (χ1n) is 17.0. The van der Waals surface area contributed by atoms with Gasteiger partial charge >= 0.3 is 0 Å². The van der Waals surface area contributed by atoms with Crippen molar-refractivity contribution < 1.29 is 0 Å². The fraction of sp³-hybridized carbons (Fsp3) is 0.0870. The van der Waals surface area contributed by atoms with Crippen molar-refractivity contribution in [2.75, 3.05) is 0 Å². The highest BCUT2D eigenvalue weighted by Gasteiger charge is 2.18. The third-order valence-electron chi connectivity index (χ3n) is 8.83. The molecule has 7 aromatic rings. The monoisotopic (exact) mass is 706 g/mol. The zero-order valence-electron chi connectivity index (χ0n) is 28.9. The number of benzene rings is 5. The SMILES string of the molecule is Cc1ccc(-c2cc(-c3ccccc3)c(C#N)c(SCc3ccc(CSc4cc(-c5ccccc5)c(C#N)c(-c5ccc(C)cc5)n4)cc3)n2)cc1. The van der Waals surface area contributed by atoms with Crippen molar-refractivity contribution in [3.63, 3.8) is 0 Å². The predicted octanol–water partition coefficient (Wildman–Crippen LogP) is 12.1. The Kier molecular flexibility index (Phi) is 10.6. The second-order valence-corrected chi connectivity index (χ2v) is 14.5. The molecular weight excluding hydrogens is 673 g/mol. The molecule has 4 nitrogen and oxygen atoms in total. The van der Waals surface area contributed by atoms with E-state index in [1.807, 2.05) is 84.9 Å². The fourth-order valence-electron chi connectivity index (χ4n) is 5.97. The minimum absolute atomic E-state index is 0.579. The molecule has 0 saturated carbocycles. The largest absolute Gasteiger partial charge is 0.240 e. The molecule has 7 rings (SSSR count). The molecule has 0 atom stereocenters. The van der Waals surface area contributed by atoms with Crippen LogP contribution < -0.4 is 0 Å². The Labute approximate surface area is 313 Å². The van der Waals surface area contributed by atoms with Gasteiger partial charge in [-0.25, -0.2) is 9.97 Å². The first-order valence-corrected chi connectivity index (χ1v) is 18.9. The number of pyridine rings is 2. The van der Waals surface area contributed by atoms with Crippen molar-refractivity contribution in [1.29, 1.82) is 10.5 Å². The average molecular weight is 707 g/mol. The fourth-order valence-corrected chi connectivity index (χ4v) is 7.79. The van der Waals surface area contributed by atoms with Crippen molar-refractivity contribution in [2.24, 2.45) is 0 Å². The number of nitrogens with zero attached hydrogens (tertiary/aromatic N) is 4. The molecule has 0 bridgehead atoms. The van der Waals surface area contributed by atoms with E-state index in [9.17, 15) is 10.5 Å². The van der Waals surface area contributed by atoms with Crippen LogP contribution in [0.2, 0.25) is 0 Å². The van der Waals surface area contributed by atoms with E-state index in [4.69, 9.17) is 9.97 Å². The van der Waals surface area contributed by atoms with Gasteiger partial charge < -0.3 is 0 Å². The first kappa shape index (κ1) is 34.5. The summed E-state index contributed by atoms with van der Waals surface area (Å²) in [4.78, 5) is 10.0. The topological polar surface area (TPSA) is 73.4 Å². The summed E-state index contributed by atoms with van der Waals surface area (Å²) in [5.41, 5.74) is 13.1. The normalized spacial score (nSPS) is 10.8. The molecular formula is C46H34N4S2. The third-order valence-corrected chi connectivity index (χ3v) is 10.9. The van der Waals surface area contributed by atoms with E-state index in [0.29, 0.717) is 22.6 Å². The van der Waals surface area contributed by atoms with Crippen LogP contribution in [0.15, 0.2) is 156 Å². The van der Waals surface area contributed by atoms with Crippen molar-refractivity contribution in [2.45, 2.75) is 35.4 Å². The quantitative estimate of drug-likeness (QED) is 0.132. The average Bonchev–Trinajstić information content (AvgIpc) is 3.20. The molecule has 2 aromatic heterocycles. The summed E-state index contributed by atoms with van der Waals surface area (Å²) >= 11 is 3.25. The number of aryl methyl sites for hydroxylation is 2. The Morgan fingerprint density at radius 1 is 0.500 bits per heavy atom. The van der Waals surface area contributed by atoms with Crippen LogP contribution in [-0.2, 0) is 11.5 Å². The van der Waals surface area contributed by atoms with Gasteiger partial charge in [-0.1, -0.05) is 145 Å². The Morgan fingerprint density at radius 3 is 1.54 bits per heavy atom. The lowest BCUT2D eigenvalue weighted by molar-refractivity contribution is 1.11. The summed E-state index contributed by atoms with van der Waals surface area (Å²) in [5.74, 6) is 1.41. The minimum Gasteiger partial charge on any atom is -0.240 e. The maximum atomic E-state index is 10.3. The second kappa shape index (κ2) is 16.0. The summed E-state index contributed by atoms with van der Waals surface area (Å²) < 4.78 is 0. The van der Waals surface area contributed by atoms with Crippen LogP contribution in [0.3, 0.4) is 0 Å². The van der Waals surface area contributed by atoms with E-state index in [-0.39, 0.29) is 0 Å². The highest BCUT2D eigenvalue weighted by Crippen LogP contribution is 2.37. The molecule has 0 aliphatic rings. The van der Waals surface area contributed by atoms with Gasteiger partial charge in [0.2, 0.25) is 0 Å². The van der Waals surface area contributed by atoms with E-state index in [0.717, 1.165) is 66.0 Å². The molecule has 5 aromatic carbocycles. The maximum absolute atomic E-state index is 10.3. The smallest absolute Gasteiger partial charge is 0.115 e. The van der Waals surface area contributed by atoms with Gasteiger partial charge in [0.1, 0.15) is 17.2 Å². The van der Waals surface area contributed by atoms with Crippen LogP contribution in [0, 0.1) is 36.5 Å². The number of thioether (sulfide) groups is 2. The molecule has 0 radical (unpaired) electrons. The van der Waals surface area contributed by atoms with Gasteiger partial charge in [0.05, 0.1) is 27.5 Å². The van der Waals surface area contributed by atoms with Crippen molar-refractivity contribution >= 4 is 23.5 Å². The number of rotatable bonds is 10. The predicted molar refractivity (Wildman–Crippen MR) is 215 cm³/mol. The summed E-state index contributed by atoms with van der Waals surface area (Å²) in [5, 5.41) is 22.2. The molecule has 0 N–H and O–H groups in total. The molecule has 0 unspecified atom stereocenters. The lowest BCUT2D eigenvalue weighted by atomic mass is 9.96. The molecule has 0 amide bonds. The second-order valence-electron chi connectivity index (χ2n) is 12.5. The number of aromatic nitrogens is 2. The van der Waals surface area contributed by atoms with Crippen LogP contribution >= 0.6 is 23.5 Å². The Hall–Kier alpha value is -5.92. The third kappa shape index (κ3) is 7.85. The van der Waals surface area contributed by atoms with Crippen molar-refractivity contribution in [1.82, 2.24) is 9.97 Å². The van der Waals surface area contributed by atoms with E-state index in [2.05, 4.69) is 86.6 Å². The zero-order chi connectivity index (χ0) is 35.9. The van der Waals surface area contributed by atoms with Gasteiger partial charge in [-0.2, -0.15) is 10.5 Å². The number of hydrogen-bond donors (Lipinski definition) is 0. The summed E-state index contributed by atoms with van der Waals surface area (Å²) in [6.45, 7) is 4.13. The molecule has 0 aliphatic carbocycles. The molecule has 0 saturated heterocycles. The molecule has 6 heteroatoms. The van der Waals surface area contributed by atoms with Gasteiger partial charge in [-0.05, 0) is 48.2 Å². The van der Waals surface area contributed by atoms with Crippen molar-refractivity contribution in [3.8, 4) is 56.9 Å². The lowest BCUT2D eigenvalue weighted by Crippen LogP contribution is -1.97. The molecule has 2 heterocycles. The lowest BCUT2D eigenvalue weighted by Gasteiger charge is -2.13. The minimum atomic E-state index is 0.579. The van der Waals surface area contributed by atoms with E-state index < -0.39 is 0 Å². The van der Waals surface area contributed by atoms with Gasteiger partial charge in [0.15, 0.2) is 0 Å². The zero-order valence-corrected chi connectivity index (χ0v) is 30.5. The van der Waals surface area contributed by atoms with Crippen LogP contribution in [0.1, 0.15) is 33.4 Å². The van der Waals surface area contributed by atoms with E-state index in [1.54, 1.807) is 23.5 Å². The molecule has 0 spiro atoms. The maximum Gasteiger partial charge on any atom is 0.115 e. The van der Waals surface area contributed by atoms with E-state index >= 15 is 0 Å². The van der Waals surface area contributed by atoms with Gasteiger partial charge in [0.25, 0.3) is 0 Å². The van der Waals surface area contributed by atoms with Crippen LogP contribution in [0.4, 0.5) is 0 Å². The first-order chi connectivity index (χ1) is 25.5. The Balaban J connectivity index is 1.12. The summed E-state index contributed by atoms with van der Waals surface area (Å²) in [6.07, 6.45) is 0. The Morgan fingerprint density at radius 2 is 1.00 bits per heavy atom. The molecule has 250 valence electrons. The highest BCUT2D eigenvalue weighted by molar-refractivity contribution is 7.98. The van der Waals surface area contributed by atoms with Gasteiger partial charge in [-0.3, -0.25) is 0 Å². The Bertz CT molecular complexity index is 2410. The van der Waals surface area contributed by atoms with Crippen LogP contribution in [0.5, 0.6) is 0 Å². The molecule has 0 fully saturated rings. The highest BCUT2D eigenvalue weighted by atomic mass is 32.2. The van der Waals surface area contributed by atoms with Crippen molar-refractivity contribution in [3.05, 3.63) is 179 Å². The summed E-state index contributed by atoms with van der Waals surface area (Å²) in [7, 11) is 0. The number of nitriles is 2. The molecule has 0 aliphatic heterocycles. The van der Waals surface area contributed by atoms with Gasteiger partial charge in [-0.15, -0.1) is 23.5 Å². The number of hydrogen-bond acceptors (Lipinski definition) is 6. The van der Waals surface area contributed by atoms with Crippen LogP contribution in [-0.4, -0.2) is 9.97 Å². The van der Waals surface area contributed by atoms with Gasteiger partial charge in [0, 0.05) is 33.8 Å². The van der Waals surface area contributed by atoms with Crippen LogP contribution in [0.25, 0.3) is 44.8 Å². The standard InChI is InChI=1S/C46H34N4S2/c1-31-13-21-37(22-14-31)43-25-39(35-9-5-3-6-10-35)42(28-48)46(49-43)52-30-34-19-17-33(18-20-34)29-51-44-26-40(36-11-7-4-8-12-36)41(27-47)45(50-44)38-23-15-32(2)16-24-38/h3-26H,29-30H2,1-2H3. The summed E-state index contributed by atoms with van der Waals surface area (Å²) in [6, 6.07) is 54.2. The van der Waals surface area contributed by atoms with E-state index in [1.165, 1.54) is 11.1 Å². The molecule has 52 heavy (non-hydrogen) atoms.